The molecule has 0 aliphatic heterocycles. The molecule has 1 aromatic rings. The molecule has 0 fully saturated rings. The second-order valence-corrected chi connectivity index (χ2v) is 4.63. The molecule has 0 aromatic heterocycles. The lowest BCUT2D eigenvalue weighted by atomic mass is 10.3. The predicted octanol–water partition coefficient (Wildman–Crippen LogP) is 3.49. The van der Waals surface area contributed by atoms with E-state index in [4.69, 9.17) is 44.6 Å². The van der Waals surface area contributed by atoms with Gasteiger partial charge in [-0.25, -0.2) is 0 Å². The topological polar surface area (TPSA) is 38.7 Å². The summed E-state index contributed by atoms with van der Waals surface area (Å²) in [6.45, 7) is -0.254. The number of rotatable bonds is 6. The zero-order valence-corrected chi connectivity index (χ0v) is 11.1. The Hall–Kier alpha value is -0.490. The standard InChI is InChI=1S/C10H9Cl3F2O3/c11-7-2-1-6(5-8(7)17-4-3-16)18-10(14,15)9(12)13/h1-2,5,9,16H,3-4H2. The molecule has 8 heteroatoms. The minimum Gasteiger partial charge on any atom is -0.489 e. The molecule has 0 unspecified atom stereocenters. The molecular formula is C10H9Cl3F2O3. The molecule has 0 saturated heterocycles. The number of ether oxygens (including phenoxy) is 2. The van der Waals surface area contributed by atoms with Crippen molar-refractivity contribution < 1.29 is 23.4 Å². The number of aliphatic hydroxyl groups excluding tert-OH is 1. The van der Waals surface area contributed by atoms with Crippen molar-refractivity contribution in [2.75, 3.05) is 13.2 Å². The van der Waals surface area contributed by atoms with Gasteiger partial charge in [0.25, 0.3) is 0 Å². The van der Waals surface area contributed by atoms with E-state index in [9.17, 15) is 8.78 Å². The van der Waals surface area contributed by atoms with E-state index in [0.717, 1.165) is 6.07 Å². The third kappa shape index (κ3) is 4.31. The zero-order valence-electron chi connectivity index (χ0n) is 8.88. The largest absolute Gasteiger partial charge is 0.489 e. The van der Waals surface area contributed by atoms with Crippen LogP contribution in [0.25, 0.3) is 0 Å². The zero-order chi connectivity index (χ0) is 13.8. The van der Waals surface area contributed by atoms with Gasteiger partial charge in [0.2, 0.25) is 4.84 Å². The SMILES string of the molecule is OCCOc1cc(OC(F)(F)C(Cl)Cl)ccc1Cl. The van der Waals surface area contributed by atoms with Crippen LogP contribution in [0.15, 0.2) is 18.2 Å². The van der Waals surface area contributed by atoms with E-state index < -0.39 is 10.9 Å². The first-order valence-corrected chi connectivity index (χ1v) is 6.00. The lowest BCUT2D eigenvalue weighted by molar-refractivity contribution is -0.163. The van der Waals surface area contributed by atoms with E-state index in [2.05, 4.69) is 4.74 Å². The molecule has 18 heavy (non-hydrogen) atoms. The highest BCUT2D eigenvalue weighted by Crippen LogP contribution is 2.34. The Labute approximate surface area is 117 Å². The smallest absolute Gasteiger partial charge is 0.428 e. The molecule has 1 N–H and O–H groups in total. The Bertz CT molecular complexity index is 402. The first-order valence-electron chi connectivity index (χ1n) is 4.75. The third-order valence-corrected chi connectivity index (χ3v) is 2.58. The molecule has 102 valence electrons. The normalized spacial score (nSPS) is 11.7. The molecule has 1 rings (SSSR count). The summed E-state index contributed by atoms with van der Waals surface area (Å²) in [4.78, 5) is -2.00. The van der Waals surface area contributed by atoms with Crippen molar-refractivity contribution in [1.29, 1.82) is 0 Å². The van der Waals surface area contributed by atoms with Gasteiger partial charge in [0, 0.05) is 6.07 Å². The third-order valence-electron chi connectivity index (χ3n) is 1.76. The van der Waals surface area contributed by atoms with Crippen LogP contribution in [0.3, 0.4) is 0 Å². The van der Waals surface area contributed by atoms with Gasteiger partial charge in [0.15, 0.2) is 0 Å². The number of hydrogen-bond donors (Lipinski definition) is 1. The van der Waals surface area contributed by atoms with Gasteiger partial charge in [-0.2, -0.15) is 8.78 Å². The molecule has 0 amide bonds. The van der Waals surface area contributed by atoms with Crippen LogP contribution >= 0.6 is 34.8 Å². The molecule has 0 aliphatic carbocycles. The quantitative estimate of drug-likeness (QED) is 0.815. The summed E-state index contributed by atoms with van der Waals surface area (Å²) in [6.07, 6.45) is -3.73. The molecule has 0 bridgehead atoms. The van der Waals surface area contributed by atoms with Crippen LogP contribution in [0.1, 0.15) is 0 Å². The van der Waals surface area contributed by atoms with Crippen LogP contribution in [-0.2, 0) is 0 Å². The highest BCUT2D eigenvalue weighted by Gasteiger charge is 2.40. The molecule has 1 aromatic carbocycles. The van der Waals surface area contributed by atoms with E-state index in [-0.39, 0.29) is 29.7 Å². The average Bonchev–Trinajstić information content (AvgIpc) is 2.29. The second-order valence-electron chi connectivity index (χ2n) is 3.13. The number of alkyl halides is 4. The maximum atomic E-state index is 13.1. The molecule has 0 heterocycles. The summed E-state index contributed by atoms with van der Waals surface area (Å²) in [5, 5.41) is 8.79. The maximum absolute atomic E-state index is 13.1. The van der Waals surface area contributed by atoms with Crippen molar-refractivity contribution >= 4 is 34.8 Å². The van der Waals surface area contributed by atoms with Crippen molar-refractivity contribution in [2.24, 2.45) is 0 Å². The number of hydrogen-bond acceptors (Lipinski definition) is 3. The monoisotopic (exact) mass is 320 g/mol. The van der Waals surface area contributed by atoms with Gasteiger partial charge in [-0.05, 0) is 12.1 Å². The summed E-state index contributed by atoms with van der Waals surface area (Å²) in [7, 11) is 0. The predicted molar refractivity (Wildman–Crippen MR) is 65.1 cm³/mol. The Balaban J connectivity index is 2.84. The minimum absolute atomic E-state index is 0.0206. The van der Waals surface area contributed by atoms with Gasteiger partial charge in [-0.15, -0.1) is 0 Å². The Kier molecular flexibility index (Phi) is 5.72. The number of halogens is 5. The van der Waals surface area contributed by atoms with Crippen molar-refractivity contribution in [1.82, 2.24) is 0 Å². The summed E-state index contributed by atoms with van der Waals surface area (Å²) in [5.74, 6) is -0.0941. The van der Waals surface area contributed by atoms with E-state index >= 15 is 0 Å². The van der Waals surface area contributed by atoms with E-state index in [0.29, 0.717) is 0 Å². The second kappa shape index (κ2) is 6.61. The molecule has 0 aliphatic rings. The van der Waals surface area contributed by atoms with Gasteiger partial charge in [-0.3, -0.25) is 0 Å². The number of aliphatic hydroxyl groups is 1. The summed E-state index contributed by atoms with van der Waals surface area (Å²) in [5.41, 5.74) is 0. The van der Waals surface area contributed by atoms with Crippen LogP contribution in [0.4, 0.5) is 8.78 Å². The molecule has 0 atom stereocenters. The lowest BCUT2D eigenvalue weighted by Crippen LogP contribution is -2.32. The molecule has 3 nitrogen and oxygen atoms in total. The highest BCUT2D eigenvalue weighted by molar-refractivity contribution is 6.44. The van der Waals surface area contributed by atoms with E-state index in [1.807, 2.05) is 0 Å². The van der Waals surface area contributed by atoms with Crippen LogP contribution < -0.4 is 9.47 Å². The average molecular weight is 322 g/mol. The van der Waals surface area contributed by atoms with Crippen molar-refractivity contribution in [3.63, 3.8) is 0 Å². The van der Waals surface area contributed by atoms with Crippen LogP contribution in [0.5, 0.6) is 11.5 Å². The fraction of sp³-hybridized carbons (Fsp3) is 0.400. The molecular weight excluding hydrogens is 312 g/mol. The first-order chi connectivity index (χ1) is 8.36. The Morgan fingerprint density at radius 2 is 2.00 bits per heavy atom. The number of benzene rings is 1. The van der Waals surface area contributed by atoms with Gasteiger partial charge in [0.1, 0.15) is 18.1 Å². The van der Waals surface area contributed by atoms with Crippen molar-refractivity contribution in [3.05, 3.63) is 23.2 Å². The van der Waals surface area contributed by atoms with Gasteiger partial charge >= 0.3 is 6.11 Å². The summed E-state index contributed by atoms with van der Waals surface area (Å²) >= 11 is 15.9. The van der Waals surface area contributed by atoms with Crippen molar-refractivity contribution in [2.45, 2.75) is 10.9 Å². The Morgan fingerprint density at radius 1 is 1.33 bits per heavy atom. The van der Waals surface area contributed by atoms with Gasteiger partial charge in [-0.1, -0.05) is 34.8 Å². The van der Waals surface area contributed by atoms with Crippen LogP contribution in [-0.4, -0.2) is 29.3 Å². The van der Waals surface area contributed by atoms with Crippen LogP contribution in [0.2, 0.25) is 5.02 Å². The molecule has 0 radical (unpaired) electrons. The maximum Gasteiger partial charge on any atom is 0.428 e. The molecule has 0 spiro atoms. The minimum atomic E-state index is -3.73. The molecule has 0 saturated carbocycles. The highest BCUT2D eigenvalue weighted by atomic mass is 35.5. The fourth-order valence-corrected chi connectivity index (χ4v) is 1.28. The van der Waals surface area contributed by atoms with Gasteiger partial charge < -0.3 is 14.6 Å². The lowest BCUT2D eigenvalue weighted by Gasteiger charge is -2.19. The van der Waals surface area contributed by atoms with Crippen LogP contribution in [0, 0.1) is 0 Å². The van der Waals surface area contributed by atoms with E-state index in [1.165, 1.54) is 12.1 Å². The Morgan fingerprint density at radius 3 is 2.56 bits per heavy atom. The van der Waals surface area contributed by atoms with E-state index in [1.54, 1.807) is 0 Å². The summed E-state index contributed by atoms with van der Waals surface area (Å²) < 4.78 is 35.6. The first kappa shape index (κ1) is 15.6. The van der Waals surface area contributed by atoms with Gasteiger partial charge in [0.05, 0.1) is 11.6 Å². The fourth-order valence-electron chi connectivity index (χ4n) is 1.02. The summed E-state index contributed by atoms with van der Waals surface area (Å²) in [6, 6.07) is 3.69. The van der Waals surface area contributed by atoms with Crippen molar-refractivity contribution in [3.8, 4) is 11.5 Å².